The maximum absolute atomic E-state index is 5.24. The maximum Gasteiger partial charge on any atom is 0.0287 e. The molecule has 0 rings (SSSR count). The monoisotopic (exact) mass is 87.1 g/mol. The van der Waals surface area contributed by atoms with Crippen LogP contribution in [0.1, 0.15) is 0 Å². The lowest BCUT2D eigenvalue weighted by atomic mass is 10.7. The van der Waals surface area contributed by atoms with E-state index in [0.717, 1.165) is 10.2 Å². The minimum absolute atomic E-state index is 0.287. The molecule has 0 fully saturated rings. The predicted octanol–water partition coefficient (Wildman–Crippen LogP) is -1.18. The van der Waals surface area contributed by atoms with Gasteiger partial charge < -0.3 is 5.73 Å². The van der Waals surface area contributed by atoms with Gasteiger partial charge in [-0.1, -0.05) is 6.08 Å². The third-order valence-corrected chi connectivity index (χ3v) is 0.843. The fraction of sp³-hybridized carbons (Fsp3) is 0.333. The zero-order chi connectivity index (χ0) is 4.28. The quantitative estimate of drug-likeness (QED) is 0.316. The minimum atomic E-state index is 0.287. The molecule has 0 saturated heterocycles. The molecule has 1 unspecified atom stereocenters. The molecule has 1 atom stereocenters. The van der Waals surface area contributed by atoms with Gasteiger partial charge in [0.25, 0.3) is 0 Å². The fourth-order valence-electron chi connectivity index (χ4n) is 0. The molecule has 2 heteroatoms. The number of hydrogen-bond acceptors (Lipinski definition) is 1. The highest BCUT2D eigenvalue weighted by molar-refractivity contribution is 6.12. The van der Waals surface area contributed by atoms with Gasteiger partial charge in [0.15, 0.2) is 0 Å². The smallest absolute Gasteiger partial charge is 0.0287 e. The Morgan fingerprint density at radius 1 is 2.00 bits per heavy atom. The van der Waals surface area contributed by atoms with Crippen LogP contribution < -0.4 is 5.73 Å². The summed E-state index contributed by atoms with van der Waals surface area (Å²) in [7, 11) is 1.03. The second-order valence-corrected chi connectivity index (χ2v) is 2.43. The van der Waals surface area contributed by atoms with Crippen LogP contribution in [0.25, 0.3) is 0 Å². The topological polar surface area (TPSA) is 26.0 Å². The van der Waals surface area contributed by atoms with Gasteiger partial charge in [0.2, 0.25) is 0 Å². The summed E-state index contributed by atoms with van der Waals surface area (Å²) < 4.78 is 0. The molecule has 0 spiro atoms. The molecule has 0 aromatic heterocycles. The standard InChI is InChI=1S/C3H9NSi/c1-2-3(4)5/h2-3H,1,4H2,5H3. The third kappa shape index (κ3) is 3.92. The Labute approximate surface area is 35.3 Å². The van der Waals surface area contributed by atoms with Gasteiger partial charge in [-0.2, -0.15) is 0 Å². The number of rotatable bonds is 1. The van der Waals surface area contributed by atoms with Crippen molar-refractivity contribution < 1.29 is 0 Å². The van der Waals surface area contributed by atoms with Gasteiger partial charge in [-0.05, 0) is 0 Å². The lowest BCUT2D eigenvalue weighted by Gasteiger charge is -1.85. The van der Waals surface area contributed by atoms with Crippen molar-refractivity contribution in [2.75, 3.05) is 0 Å². The van der Waals surface area contributed by atoms with Crippen molar-refractivity contribution in [3.63, 3.8) is 0 Å². The molecule has 2 N–H and O–H groups in total. The van der Waals surface area contributed by atoms with Crippen molar-refractivity contribution in [1.29, 1.82) is 0 Å². The summed E-state index contributed by atoms with van der Waals surface area (Å²) in [5, 5.41) is 0. The first-order valence-electron chi connectivity index (χ1n) is 1.65. The summed E-state index contributed by atoms with van der Waals surface area (Å²) in [5.41, 5.74) is 5.52. The molecule has 30 valence electrons. The molecular weight excluding hydrogens is 78.1 g/mol. The molecule has 0 heterocycles. The lowest BCUT2D eigenvalue weighted by Crippen LogP contribution is -2.14. The summed E-state index contributed by atoms with van der Waals surface area (Å²) in [6.45, 7) is 3.47. The van der Waals surface area contributed by atoms with Gasteiger partial charge in [-0.25, -0.2) is 0 Å². The predicted molar refractivity (Wildman–Crippen MR) is 28.1 cm³/mol. The van der Waals surface area contributed by atoms with E-state index < -0.39 is 0 Å². The van der Waals surface area contributed by atoms with Gasteiger partial charge in [0, 0.05) is 15.9 Å². The molecule has 0 amide bonds. The maximum atomic E-state index is 5.24. The van der Waals surface area contributed by atoms with Gasteiger partial charge in [-0.15, -0.1) is 6.58 Å². The molecule has 5 heavy (non-hydrogen) atoms. The normalized spacial score (nSPS) is 14.6. The second-order valence-electron chi connectivity index (χ2n) is 1.09. The molecule has 0 bridgehead atoms. The van der Waals surface area contributed by atoms with Crippen LogP contribution in [0, 0.1) is 0 Å². The Morgan fingerprint density at radius 2 is 2.20 bits per heavy atom. The van der Waals surface area contributed by atoms with Crippen LogP contribution in [0.4, 0.5) is 0 Å². The Hall–Kier alpha value is -0.0831. The summed E-state index contributed by atoms with van der Waals surface area (Å²) in [6, 6.07) is 0. The van der Waals surface area contributed by atoms with Gasteiger partial charge in [0.1, 0.15) is 0 Å². The van der Waals surface area contributed by atoms with Crippen LogP contribution in [0.3, 0.4) is 0 Å². The van der Waals surface area contributed by atoms with E-state index in [1.807, 2.05) is 0 Å². The summed E-state index contributed by atoms with van der Waals surface area (Å²) >= 11 is 0. The van der Waals surface area contributed by atoms with Crippen LogP contribution in [0.2, 0.25) is 0 Å². The van der Waals surface area contributed by atoms with Crippen molar-refractivity contribution in [2.24, 2.45) is 5.73 Å². The highest BCUT2D eigenvalue weighted by Crippen LogP contribution is 1.60. The van der Waals surface area contributed by atoms with Crippen molar-refractivity contribution in [3.05, 3.63) is 12.7 Å². The first-order valence-corrected chi connectivity index (χ1v) is 2.81. The molecule has 0 aromatic carbocycles. The SMILES string of the molecule is C=CC(N)[SiH3]. The molecule has 0 radical (unpaired) electrons. The van der Waals surface area contributed by atoms with E-state index in [1.165, 1.54) is 0 Å². The molecule has 0 saturated carbocycles. The Bertz CT molecular complexity index is 33.9. The minimum Gasteiger partial charge on any atom is -0.328 e. The average molecular weight is 87.2 g/mol. The second kappa shape index (κ2) is 2.17. The van der Waals surface area contributed by atoms with E-state index >= 15 is 0 Å². The van der Waals surface area contributed by atoms with Crippen LogP contribution in [-0.4, -0.2) is 15.9 Å². The van der Waals surface area contributed by atoms with E-state index in [-0.39, 0.29) is 5.67 Å². The summed E-state index contributed by atoms with van der Waals surface area (Å²) in [6.07, 6.45) is 1.76. The number of hydrogen-bond donors (Lipinski definition) is 1. The lowest BCUT2D eigenvalue weighted by molar-refractivity contribution is 1.15. The molecule has 0 aliphatic heterocycles. The van der Waals surface area contributed by atoms with Crippen molar-refractivity contribution in [2.45, 2.75) is 5.67 Å². The third-order valence-electron chi connectivity index (χ3n) is 0.372. The molecule has 0 aliphatic rings. The first kappa shape index (κ1) is 4.92. The Balaban J connectivity index is 2.83. The van der Waals surface area contributed by atoms with E-state index in [9.17, 15) is 0 Å². The van der Waals surface area contributed by atoms with Crippen LogP contribution in [0.5, 0.6) is 0 Å². The van der Waals surface area contributed by atoms with Gasteiger partial charge in [0.05, 0.1) is 0 Å². The average Bonchev–Trinajstić information content (AvgIpc) is 1.38. The Morgan fingerprint density at radius 3 is 2.20 bits per heavy atom. The summed E-state index contributed by atoms with van der Waals surface area (Å²) in [4.78, 5) is 0. The highest BCUT2D eigenvalue weighted by Gasteiger charge is 1.73. The summed E-state index contributed by atoms with van der Waals surface area (Å²) in [5.74, 6) is 0. The van der Waals surface area contributed by atoms with E-state index in [1.54, 1.807) is 6.08 Å². The van der Waals surface area contributed by atoms with Crippen molar-refractivity contribution in [3.8, 4) is 0 Å². The zero-order valence-electron chi connectivity index (χ0n) is 3.44. The van der Waals surface area contributed by atoms with E-state index in [4.69, 9.17) is 5.73 Å². The molecule has 1 nitrogen and oxygen atoms in total. The largest absolute Gasteiger partial charge is 0.328 e. The van der Waals surface area contributed by atoms with Crippen molar-refractivity contribution >= 4 is 10.2 Å². The molecular formula is C3H9NSi. The van der Waals surface area contributed by atoms with E-state index in [2.05, 4.69) is 6.58 Å². The molecule has 0 aromatic rings. The molecule has 0 aliphatic carbocycles. The first-order chi connectivity index (χ1) is 2.27. The van der Waals surface area contributed by atoms with Crippen LogP contribution >= 0.6 is 0 Å². The van der Waals surface area contributed by atoms with Gasteiger partial charge >= 0.3 is 0 Å². The Kier molecular flexibility index (Phi) is 2.14. The highest BCUT2D eigenvalue weighted by atomic mass is 28.1. The van der Waals surface area contributed by atoms with Gasteiger partial charge in [-0.3, -0.25) is 0 Å². The zero-order valence-corrected chi connectivity index (χ0v) is 5.44. The number of nitrogens with two attached hydrogens (primary N) is 1. The fourth-order valence-corrected chi connectivity index (χ4v) is 0. The van der Waals surface area contributed by atoms with Crippen LogP contribution in [0.15, 0.2) is 12.7 Å². The van der Waals surface area contributed by atoms with Crippen molar-refractivity contribution in [1.82, 2.24) is 0 Å². The van der Waals surface area contributed by atoms with Crippen LogP contribution in [-0.2, 0) is 0 Å². The van der Waals surface area contributed by atoms with E-state index in [0.29, 0.717) is 0 Å².